The third-order valence-corrected chi connectivity index (χ3v) is 2.98. The van der Waals surface area contributed by atoms with Gasteiger partial charge in [0.2, 0.25) is 3.79 Å². The predicted molar refractivity (Wildman–Crippen MR) is 71.5 cm³/mol. The molecule has 0 amide bonds. The molecule has 1 aromatic heterocycles. The van der Waals surface area contributed by atoms with E-state index >= 15 is 0 Å². The highest BCUT2D eigenvalue weighted by Crippen LogP contribution is 2.40. The molecule has 1 aromatic carbocycles. The Kier molecular flexibility index (Phi) is 4.10. The van der Waals surface area contributed by atoms with E-state index in [0.29, 0.717) is 11.3 Å². The van der Waals surface area contributed by atoms with Gasteiger partial charge in [0.05, 0.1) is 0 Å². The van der Waals surface area contributed by atoms with Gasteiger partial charge in [0.25, 0.3) is 0 Å². The van der Waals surface area contributed by atoms with Gasteiger partial charge in [-0.25, -0.2) is 4.39 Å². The molecule has 0 aliphatic heterocycles. The lowest BCUT2D eigenvalue weighted by Crippen LogP contribution is -2.09. The van der Waals surface area contributed by atoms with Crippen molar-refractivity contribution in [1.82, 2.24) is 4.98 Å². The van der Waals surface area contributed by atoms with Crippen LogP contribution in [0, 0.1) is 11.9 Å². The average molecular weight is 304 g/mol. The summed E-state index contributed by atoms with van der Waals surface area (Å²) in [5.41, 5.74) is 1.22. The van der Waals surface area contributed by atoms with Crippen molar-refractivity contribution >= 4 is 34.8 Å². The molecule has 0 spiro atoms. The summed E-state index contributed by atoms with van der Waals surface area (Å²) in [5, 5.41) is 0. The van der Waals surface area contributed by atoms with Crippen molar-refractivity contribution in [3.8, 4) is 0 Å². The van der Waals surface area contributed by atoms with Crippen molar-refractivity contribution in [2.45, 2.75) is 10.2 Å². The first kappa shape index (κ1) is 13.6. The zero-order chi connectivity index (χ0) is 13.2. The Hall–Kier alpha value is -0.830. The highest BCUT2D eigenvalue weighted by Gasteiger charge is 2.28. The van der Waals surface area contributed by atoms with Crippen LogP contribution in [0.1, 0.15) is 16.8 Å². The van der Waals surface area contributed by atoms with Crippen molar-refractivity contribution in [1.29, 1.82) is 0 Å². The minimum Gasteiger partial charge on any atom is -0.261 e. The normalized spacial score (nSPS) is 11.6. The second-order valence-corrected chi connectivity index (χ2v) is 5.96. The summed E-state index contributed by atoms with van der Waals surface area (Å²) in [7, 11) is 0. The summed E-state index contributed by atoms with van der Waals surface area (Å²) in [5.74, 6) is -0.430. The Morgan fingerprint density at radius 2 is 2.00 bits per heavy atom. The lowest BCUT2D eigenvalue weighted by molar-refractivity contribution is 0.610. The van der Waals surface area contributed by atoms with Gasteiger partial charge in [0.1, 0.15) is 5.82 Å². The van der Waals surface area contributed by atoms with Gasteiger partial charge in [-0.15, -0.1) is 0 Å². The molecule has 0 saturated carbocycles. The van der Waals surface area contributed by atoms with Crippen molar-refractivity contribution in [2.75, 3.05) is 0 Å². The van der Waals surface area contributed by atoms with Crippen molar-refractivity contribution < 1.29 is 4.39 Å². The van der Waals surface area contributed by atoms with E-state index < -0.39 is 9.61 Å². The lowest BCUT2D eigenvalue weighted by atomic mass is 10.0. The molecule has 0 bridgehead atoms. The van der Waals surface area contributed by atoms with E-state index in [1.807, 2.05) is 6.07 Å². The molecule has 0 saturated heterocycles. The number of pyridine rings is 1. The van der Waals surface area contributed by atoms with Crippen molar-refractivity contribution in [3.05, 3.63) is 65.2 Å². The second-order valence-electron chi connectivity index (χ2n) is 3.67. The molecular formula is C13H8Cl3FN. The van der Waals surface area contributed by atoms with Gasteiger partial charge < -0.3 is 0 Å². The van der Waals surface area contributed by atoms with E-state index in [-0.39, 0.29) is 12.0 Å². The topological polar surface area (TPSA) is 12.9 Å². The fraction of sp³-hybridized carbons (Fsp3) is 0.154. The standard InChI is InChI=1S/C13H8Cl3FN/c14-13(15,16)11-5-3-6-12(17)10(11)8-9-4-1-2-7-18-9/h1-4,6-7H,8H2. The van der Waals surface area contributed by atoms with Crippen LogP contribution in [0.3, 0.4) is 0 Å². The summed E-state index contributed by atoms with van der Waals surface area (Å²) in [6.07, 6.45) is 1.89. The van der Waals surface area contributed by atoms with Crippen LogP contribution in [0.2, 0.25) is 0 Å². The molecular weight excluding hydrogens is 296 g/mol. The predicted octanol–water partition coefficient (Wildman–Crippen LogP) is 4.44. The highest BCUT2D eigenvalue weighted by atomic mass is 35.6. The first-order valence-electron chi connectivity index (χ1n) is 5.14. The molecule has 0 aliphatic carbocycles. The first-order chi connectivity index (χ1) is 8.48. The Labute approximate surface area is 120 Å². The van der Waals surface area contributed by atoms with Crippen molar-refractivity contribution in [3.63, 3.8) is 0 Å². The van der Waals surface area contributed by atoms with E-state index in [1.54, 1.807) is 18.3 Å². The van der Waals surface area contributed by atoms with Crippen LogP contribution in [0.25, 0.3) is 0 Å². The summed E-state index contributed by atoms with van der Waals surface area (Å²) < 4.78 is 12.1. The van der Waals surface area contributed by atoms with Crippen LogP contribution in [0.4, 0.5) is 4.39 Å². The molecule has 0 aliphatic rings. The van der Waals surface area contributed by atoms with Crippen LogP contribution >= 0.6 is 34.8 Å². The maximum Gasteiger partial charge on any atom is 0.217 e. The third kappa shape index (κ3) is 3.14. The Balaban J connectivity index is 2.44. The molecule has 1 heterocycles. The highest BCUT2D eigenvalue weighted by molar-refractivity contribution is 6.66. The quantitative estimate of drug-likeness (QED) is 0.748. The summed E-state index contributed by atoms with van der Waals surface area (Å²) in [4.78, 5) is 4.13. The Morgan fingerprint density at radius 3 is 2.61 bits per heavy atom. The van der Waals surface area contributed by atoms with E-state index in [4.69, 9.17) is 34.8 Å². The van der Waals surface area contributed by atoms with Gasteiger partial charge in [-0.05, 0) is 24.3 Å². The second kappa shape index (κ2) is 5.43. The number of benzene rings is 1. The number of alkyl halides is 3. The third-order valence-electron chi connectivity index (χ3n) is 2.41. The fourth-order valence-corrected chi connectivity index (χ4v) is 2.12. The van der Waals surface area contributed by atoms with E-state index in [1.165, 1.54) is 12.1 Å². The van der Waals surface area contributed by atoms with Crippen LogP contribution in [-0.2, 0) is 10.2 Å². The zero-order valence-corrected chi connectivity index (χ0v) is 11.4. The molecule has 5 heteroatoms. The van der Waals surface area contributed by atoms with Crippen LogP contribution in [-0.4, -0.2) is 4.98 Å². The maximum atomic E-state index is 13.8. The molecule has 0 unspecified atom stereocenters. The van der Waals surface area contributed by atoms with Gasteiger partial charge >= 0.3 is 0 Å². The maximum absolute atomic E-state index is 13.8. The van der Waals surface area contributed by atoms with Gasteiger partial charge in [-0.3, -0.25) is 4.98 Å². The molecule has 1 radical (unpaired) electrons. The Bertz CT molecular complexity index is 538. The SMILES string of the molecule is Fc1cc[c]c(C(Cl)(Cl)Cl)c1Cc1ccccn1. The Morgan fingerprint density at radius 1 is 1.22 bits per heavy atom. The van der Waals surface area contributed by atoms with Crippen LogP contribution in [0.5, 0.6) is 0 Å². The van der Waals surface area contributed by atoms with E-state index in [9.17, 15) is 4.39 Å². The molecule has 1 nitrogen and oxygen atoms in total. The van der Waals surface area contributed by atoms with Gasteiger partial charge in [-0.1, -0.05) is 46.9 Å². The van der Waals surface area contributed by atoms with Crippen LogP contribution in [0.15, 0.2) is 36.5 Å². The van der Waals surface area contributed by atoms with Crippen LogP contribution < -0.4 is 0 Å². The minimum atomic E-state index is -1.70. The molecule has 0 N–H and O–H groups in total. The molecule has 93 valence electrons. The number of halogens is 4. The van der Waals surface area contributed by atoms with Gasteiger partial charge in [0, 0.05) is 29.4 Å². The number of hydrogen-bond acceptors (Lipinski definition) is 1. The van der Waals surface area contributed by atoms with E-state index in [2.05, 4.69) is 11.1 Å². The number of aromatic nitrogens is 1. The average Bonchev–Trinajstić information content (AvgIpc) is 2.32. The lowest BCUT2D eigenvalue weighted by Gasteiger charge is -2.16. The van der Waals surface area contributed by atoms with Gasteiger partial charge in [0.15, 0.2) is 0 Å². The molecule has 18 heavy (non-hydrogen) atoms. The fourth-order valence-electron chi connectivity index (χ4n) is 1.61. The largest absolute Gasteiger partial charge is 0.261 e. The van der Waals surface area contributed by atoms with E-state index in [0.717, 1.165) is 0 Å². The number of nitrogens with zero attached hydrogens (tertiary/aromatic N) is 1. The van der Waals surface area contributed by atoms with Crippen molar-refractivity contribution in [2.24, 2.45) is 0 Å². The summed E-state index contributed by atoms with van der Waals surface area (Å²) >= 11 is 17.4. The monoisotopic (exact) mass is 302 g/mol. The molecule has 2 rings (SSSR count). The minimum absolute atomic E-state index is 0.221. The molecule has 2 aromatic rings. The summed E-state index contributed by atoms with van der Waals surface area (Å²) in [6, 6.07) is 10.9. The number of rotatable bonds is 2. The zero-order valence-electron chi connectivity index (χ0n) is 9.13. The molecule has 0 fully saturated rings. The van der Waals surface area contributed by atoms with Gasteiger partial charge in [-0.2, -0.15) is 0 Å². The first-order valence-corrected chi connectivity index (χ1v) is 6.28. The summed E-state index contributed by atoms with van der Waals surface area (Å²) in [6.45, 7) is 0. The number of hydrogen-bond donors (Lipinski definition) is 0. The smallest absolute Gasteiger partial charge is 0.217 e. The molecule has 0 atom stereocenters.